The van der Waals surface area contributed by atoms with Crippen molar-refractivity contribution in [1.29, 1.82) is 0 Å². The van der Waals surface area contributed by atoms with Crippen LogP contribution in [0.15, 0.2) is 18.2 Å². The monoisotopic (exact) mass is 380 g/mol. The number of phenols is 1. The van der Waals surface area contributed by atoms with Gasteiger partial charge < -0.3 is 5.11 Å². The summed E-state index contributed by atoms with van der Waals surface area (Å²) in [4.78, 5) is 11.4. The number of nitrogens with one attached hydrogen (secondary N) is 2. The summed E-state index contributed by atoms with van der Waals surface area (Å²) in [6, 6.07) is 4.29. The standard InChI is InChI=1S/C16H17FN4O4S/c17-15-10(12-7-11(18-19-12)9-3-1-2-4-9)5-6-13(22)16(15)21-8-14(23)20-26(21,24)25/h5-7,9,22H,1-4,8H2,(H,18,19)(H,20,23). The minimum atomic E-state index is -4.23. The number of benzene rings is 1. The summed E-state index contributed by atoms with van der Waals surface area (Å²) in [5, 5.41) is 17.0. The van der Waals surface area contributed by atoms with E-state index < -0.39 is 39.9 Å². The molecule has 1 aromatic heterocycles. The minimum Gasteiger partial charge on any atom is -0.506 e. The number of aromatic nitrogens is 2. The third-order valence-electron chi connectivity index (χ3n) is 4.83. The Morgan fingerprint density at radius 3 is 2.65 bits per heavy atom. The van der Waals surface area contributed by atoms with E-state index in [1.807, 2.05) is 0 Å². The number of amides is 1. The number of nitrogens with zero attached hydrogens (tertiary/aromatic N) is 2. The Balaban J connectivity index is 1.76. The number of anilines is 1. The Morgan fingerprint density at radius 1 is 1.27 bits per heavy atom. The lowest BCUT2D eigenvalue weighted by Gasteiger charge is -2.18. The van der Waals surface area contributed by atoms with Gasteiger partial charge in [0.1, 0.15) is 18.0 Å². The Kier molecular flexibility index (Phi) is 3.87. The van der Waals surface area contributed by atoms with Gasteiger partial charge in [-0.2, -0.15) is 13.5 Å². The van der Waals surface area contributed by atoms with E-state index in [0.29, 0.717) is 15.9 Å². The van der Waals surface area contributed by atoms with Crippen LogP contribution in [0.2, 0.25) is 0 Å². The smallest absolute Gasteiger partial charge is 0.326 e. The molecule has 0 bridgehead atoms. The van der Waals surface area contributed by atoms with E-state index >= 15 is 4.39 Å². The van der Waals surface area contributed by atoms with Gasteiger partial charge in [-0.05, 0) is 31.0 Å². The van der Waals surface area contributed by atoms with Crippen LogP contribution in [0.4, 0.5) is 10.1 Å². The van der Waals surface area contributed by atoms with Crippen LogP contribution in [-0.2, 0) is 15.0 Å². The van der Waals surface area contributed by atoms with E-state index in [4.69, 9.17) is 0 Å². The maximum absolute atomic E-state index is 15.1. The number of H-pyrrole nitrogens is 1. The number of phenolic OH excluding ortho intramolecular Hbond substituents is 1. The third-order valence-corrected chi connectivity index (χ3v) is 6.20. The van der Waals surface area contributed by atoms with E-state index in [1.165, 1.54) is 12.1 Å². The summed E-state index contributed by atoms with van der Waals surface area (Å²) in [6.07, 6.45) is 4.34. The van der Waals surface area contributed by atoms with Gasteiger partial charge in [0.05, 0.1) is 11.4 Å². The molecule has 0 spiro atoms. The number of aromatic amines is 1. The van der Waals surface area contributed by atoms with Crippen molar-refractivity contribution in [1.82, 2.24) is 14.9 Å². The zero-order valence-electron chi connectivity index (χ0n) is 13.7. The topological polar surface area (TPSA) is 115 Å². The highest BCUT2D eigenvalue weighted by Crippen LogP contribution is 2.39. The maximum Gasteiger partial charge on any atom is 0.326 e. The normalized spacial score (nSPS) is 19.9. The van der Waals surface area contributed by atoms with Gasteiger partial charge in [-0.1, -0.05) is 12.8 Å². The molecule has 0 atom stereocenters. The summed E-state index contributed by atoms with van der Waals surface area (Å²) in [5.41, 5.74) is 0.751. The van der Waals surface area contributed by atoms with Crippen LogP contribution in [0.3, 0.4) is 0 Å². The second-order valence-corrected chi connectivity index (χ2v) is 8.11. The van der Waals surface area contributed by atoms with Crippen molar-refractivity contribution in [3.8, 4) is 17.0 Å². The van der Waals surface area contributed by atoms with Crippen LogP contribution in [0.5, 0.6) is 5.75 Å². The first kappa shape index (κ1) is 16.8. The van der Waals surface area contributed by atoms with Crippen molar-refractivity contribution in [2.45, 2.75) is 31.6 Å². The Morgan fingerprint density at radius 2 is 2.00 bits per heavy atom. The number of aromatic hydroxyl groups is 1. The Hall–Kier alpha value is -2.62. The molecule has 138 valence electrons. The van der Waals surface area contributed by atoms with Gasteiger partial charge in [-0.15, -0.1) is 0 Å². The van der Waals surface area contributed by atoms with Crippen LogP contribution in [-0.4, -0.2) is 36.2 Å². The third kappa shape index (κ3) is 2.70. The first-order valence-corrected chi connectivity index (χ1v) is 9.71. The lowest BCUT2D eigenvalue weighted by molar-refractivity contribution is -0.117. The summed E-state index contributed by atoms with van der Waals surface area (Å²) in [5.74, 6) is -1.96. The largest absolute Gasteiger partial charge is 0.506 e. The van der Waals surface area contributed by atoms with E-state index in [2.05, 4.69) is 10.2 Å². The predicted molar refractivity (Wildman–Crippen MR) is 91.3 cm³/mol. The summed E-state index contributed by atoms with van der Waals surface area (Å²) >= 11 is 0. The fourth-order valence-corrected chi connectivity index (χ4v) is 4.72. The molecular formula is C16H17FN4O4S. The molecule has 10 heteroatoms. The van der Waals surface area contributed by atoms with Gasteiger partial charge in [0.2, 0.25) is 0 Å². The van der Waals surface area contributed by atoms with Crippen molar-refractivity contribution in [3.05, 3.63) is 29.7 Å². The average Bonchev–Trinajstić information content (AvgIpc) is 3.28. The van der Waals surface area contributed by atoms with Crippen molar-refractivity contribution in [2.24, 2.45) is 0 Å². The summed E-state index contributed by atoms with van der Waals surface area (Å²) in [7, 11) is -4.23. The highest BCUT2D eigenvalue weighted by molar-refractivity contribution is 7.92. The van der Waals surface area contributed by atoms with E-state index in [1.54, 1.807) is 10.8 Å². The van der Waals surface area contributed by atoms with Crippen molar-refractivity contribution in [2.75, 3.05) is 10.8 Å². The molecule has 8 nitrogen and oxygen atoms in total. The second kappa shape index (κ2) is 5.97. The molecule has 0 radical (unpaired) electrons. The summed E-state index contributed by atoms with van der Waals surface area (Å²) in [6.45, 7) is -0.591. The molecule has 3 N–H and O–H groups in total. The van der Waals surface area contributed by atoms with Crippen molar-refractivity contribution in [3.63, 3.8) is 0 Å². The minimum absolute atomic E-state index is 0.0732. The molecule has 2 aromatic rings. The van der Waals surface area contributed by atoms with Crippen molar-refractivity contribution >= 4 is 21.8 Å². The van der Waals surface area contributed by atoms with Crippen LogP contribution >= 0.6 is 0 Å². The number of halogens is 1. The van der Waals surface area contributed by atoms with Crippen LogP contribution in [0, 0.1) is 5.82 Å². The van der Waals surface area contributed by atoms with Gasteiger partial charge in [-0.3, -0.25) is 9.89 Å². The SMILES string of the molecule is O=C1CN(c2c(O)ccc(-c3cc(C4CCCC4)n[nH]3)c2F)S(=O)(=O)N1. The van der Waals surface area contributed by atoms with E-state index in [-0.39, 0.29) is 5.56 Å². The number of carbonyl (C=O) groups is 1. The van der Waals surface area contributed by atoms with E-state index in [9.17, 15) is 18.3 Å². The molecule has 1 aliphatic carbocycles. The molecule has 0 unspecified atom stereocenters. The lowest BCUT2D eigenvalue weighted by Crippen LogP contribution is -2.30. The molecule has 1 saturated carbocycles. The average molecular weight is 380 g/mol. The van der Waals surface area contributed by atoms with E-state index in [0.717, 1.165) is 31.4 Å². The first-order chi connectivity index (χ1) is 12.4. The highest BCUT2D eigenvalue weighted by atomic mass is 32.2. The Bertz CT molecular complexity index is 982. The molecular weight excluding hydrogens is 363 g/mol. The van der Waals surface area contributed by atoms with Gasteiger partial charge in [0.25, 0.3) is 5.91 Å². The molecule has 2 heterocycles. The molecule has 1 aliphatic heterocycles. The van der Waals surface area contributed by atoms with Gasteiger partial charge in [0.15, 0.2) is 5.82 Å². The first-order valence-electron chi connectivity index (χ1n) is 8.27. The number of hydrogen-bond acceptors (Lipinski definition) is 5. The molecule has 2 fully saturated rings. The number of rotatable bonds is 3. The van der Waals surface area contributed by atoms with Gasteiger partial charge in [0, 0.05) is 11.5 Å². The molecule has 2 aliphatic rings. The maximum atomic E-state index is 15.1. The second-order valence-electron chi connectivity index (χ2n) is 6.52. The quantitative estimate of drug-likeness (QED) is 0.750. The number of hydrogen-bond donors (Lipinski definition) is 3. The van der Waals surface area contributed by atoms with Crippen LogP contribution in [0.25, 0.3) is 11.3 Å². The fourth-order valence-electron chi connectivity index (χ4n) is 3.55. The molecule has 1 saturated heterocycles. The van der Waals surface area contributed by atoms with Gasteiger partial charge >= 0.3 is 10.2 Å². The fraction of sp³-hybridized carbons (Fsp3) is 0.375. The lowest BCUT2D eigenvalue weighted by atomic mass is 10.0. The molecule has 4 rings (SSSR count). The zero-order chi connectivity index (χ0) is 18.5. The molecule has 1 aromatic carbocycles. The number of carbonyl (C=O) groups excluding carboxylic acids is 1. The highest BCUT2D eigenvalue weighted by Gasteiger charge is 2.38. The van der Waals surface area contributed by atoms with Crippen LogP contribution < -0.4 is 9.03 Å². The zero-order valence-corrected chi connectivity index (χ0v) is 14.5. The molecule has 26 heavy (non-hydrogen) atoms. The van der Waals surface area contributed by atoms with Crippen LogP contribution in [0.1, 0.15) is 37.3 Å². The van der Waals surface area contributed by atoms with Gasteiger partial charge in [-0.25, -0.2) is 13.4 Å². The summed E-state index contributed by atoms with van der Waals surface area (Å²) < 4.78 is 41.4. The molecule has 1 amide bonds. The van der Waals surface area contributed by atoms with Crippen molar-refractivity contribution < 1.29 is 22.7 Å². The Labute approximate surface area is 149 Å². The predicted octanol–water partition coefficient (Wildman–Crippen LogP) is 1.76.